The van der Waals surface area contributed by atoms with E-state index in [2.05, 4.69) is 17.0 Å². The average Bonchev–Trinajstić information content (AvgIpc) is 2.81. The summed E-state index contributed by atoms with van der Waals surface area (Å²) in [6.45, 7) is 7.47. The Morgan fingerprint density at radius 1 is 1.38 bits per heavy atom. The number of hydrogen-bond donors (Lipinski definition) is 1. The lowest BCUT2D eigenvalue weighted by Crippen LogP contribution is -2.42. The molecule has 1 aromatic rings. The third kappa shape index (κ3) is 3.40. The summed E-state index contributed by atoms with van der Waals surface area (Å²) in [5, 5.41) is 7.49. The van der Waals surface area contributed by atoms with Crippen molar-refractivity contribution in [1.29, 1.82) is 0 Å². The molecule has 0 radical (unpaired) electrons. The number of urea groups is 1. The van der Waals surface area contributed by atoms with Gasteiger partial charge in [0.1, 0.15) is 12.1 Å². The quantitative estimate of drug-likeness (QED) is 0.472. The second kappa shape index (κ2) is 7.16. The zero-order chi connectivity index (χ0) is 17.7. The second-order valence-corrected chi connectivity index (χ2v) is 5.49. The Labute approximate surface area is 140 Å². The summed E-state index contributed by atoms with van der Waals surface area (Å²) in [5.74, 6) is 0.726. The topological polar surface area (TPSA) is 80.2 Å². The lowest BCUT2D eigenvalue weighted by molar-refractivity contribution is -0.130. The Hall–Kier alpha value is -2.83. The van der Waals surface area contributed by atoms with E-state index in [0.29, 0.717) is 30.1 Å². The molecule has 0 aromatic heterocycles. The smallest absolute Gasteiger partial charge is 0.346 e. The summed E-state index contributed by atoms with van der Waals surface area (Å²) >= 11 is 0. The van der Waals surface area contributed by atoms with Crippen LogP contribution in [-0.4, -0.2) is 42.4 Å². The van der Waals surface area contributed by atoms with Crippen LogP contribution in [0.1, 0.15) is 25.8 Å². The van der Waals surface area contributed by atoms with Crippen molar-refractivity contribution >= 4 is 18.2 Å². The zero-order valence-corrected chi connectivity index (χ0v) is 14.0. The molecule has 1 aliphatic rings. The maximum Gasteiger partial charge on any atom is 0.346 e. The molecule has 1 unspecified atom stereocenters. The Bertz CT molecular complexity index is 686. The van der Waals surface area contributed by atoms with Gasteiger partial charge in [0.25, 0.3) is 5.91 Å². The normalized spacial score (nSPS) is 20.4. The van der Waals surface area contributed by atoms with E-state index in [9.17, 15) is 9.59 Å². The third-order valence-corrected chi connectivity index (χ3v) is 3.81. The number of nitrogens with one attached hydrogen (secondary N) is 1. The highest BCUT2D eigenvalue weighted by Gasteiger charge is 2.46. The molecule has 1 heterocycles. The number of carbonyl (C=O) groups is 2. The number of rotatable bonds is 7. The van der Waals surface area contributed by atoms with Gasteiger partial charge in [-0.3, -0.25) is 4.79 Å². The molecule has 0 bridgehead atoms. The van der Waals surface area contributed by atoms with Gasteiger partial charge >= 0.3 is 6.03 Å². The minimum atomic E-state index is -0.908. The number of carbonyl (C=O) groups excluding carboxylic acids is 2. The average molecular weight is 331 g/mol. The van der Waals surface area contributed by atoms with E-state index in [1.165, 1.54) is 13.3 Å². The van der Waals surface area contributed by atoms with Crippen molar-refractivity contribution in [2.24, 2.45) is 5.10 Å². The highest BCUT2D eigenvalue weighted by Crippen LogP contribution is 2.28. The summed E-state index contributed by atoms with van der Waals surface area (Å²) in [6.07, 6.45) is 3.56. The van der Waals surface area contributed by atoms with Crippen molar-refractivity contribution in [3.63, 3.8) is 0 Å². The third-order valence-electron chi connectivity index (χ3n) is 3.81. The Kier molecular flexibility index (Phi) is 5.23. The molecule has 7 nitrogen and oxygen atoms in total. The van der Waals surface area contributed by atoms with Gasteiger partial charge in [0, 0.05) is 0 Å². The van der Waals surface area contributed by atoms with Crippen LogP contribution in [0.3, 0.4) is 0 Å². The van der Waals surface area contributed by atoms with Gasteiger partial charge in [0.15, 0.2) is 11.5 Å². The minimum Gasteiger partial charge on any atom is -0.493 e. The van der Waals surface area contributed by atoms with Crippen LogP contribution < -0.4 is 14.8 Å². The van der Waals surface area contributed by atoms with Crippen LogP contribution in [0.25, 0.3) is 0 Å². The number of benzene rings is 1. The van der Waals surface area contributed by atoms with Crippen LogP contribution in [0.4, 0.5) is 4.79 Å². The first kappa shape index (κ1) is 17.5. The summed E-state index contributed by atoms with van der Waals surface area (Å²) < 4.78 is 10.7. The summed E-state index contributed by atoms with van der Waals surface area (Å²) in [6, 6.07) is 4.66. The highest BCUT2D eigenvalue weighted by atomic mass is 16.5. The number of ether oxygens (including phenoxy) is 2. The molecule has 1 fully saturated rings. The lowest BCUT2D eigenvalue weighted by atomic mass is 10.00. The van der Waals surface area contributed by atoms with Crippen molar-refractivity contribution in [3.05, 3.63) is 36.4 Å². The van der Waals surface area contributed by atoms with Crippen molar-refractivity contribution in [1.82, 2.24) is 10.3 Å². The Balaban J connectivity index is 2.19. The molecule has 0 aliphatic carbocycles. The SMILES string of the molecule is C=CCOc1ccc(C=NN2C(=O)NC(C)(CC)C2=O)cc1OC. The molecule has 7 heteroatoms. The van der Waals surface area contributed by atoms with Gasteiger partial charge in [-0.05, 0) is 37.1 Å². The first-order valence-electron chi connectivity index (χ1n) is 7.57. The van der Waals surface area contributed by atoms with Crippen molar-refractivity contribution in [3.8, 4) is 11.5 Å². The molecule has 1 aliphatic heterocycles. The van der Waals surface area contributed by atoms with Crippen LogP contribution in [0.15, 0.2) is 36.0 Å². The first-order chi connectivity index (χ1) is 11.4. The van der Waals surface area contributed by atoms with Gasteiger partial charge in [-0.1, -0.05) is 19.6 Å². The number of hydrazone groups is 1. The molecule has 128 valence electrons. The lowest BCUT2D eigenvalue weighted by Gasteiger charge is -2.17. The molecule has 0 saturated carbocycles. The maximum absolute atomic E-state index is 12.3. The molecule has 1 atom stereocenters. The number of hydrogen-bond acceptors (Lipinski definition) is 5. The molecular weight excluding hydrogens is 310 g/mol. The van der Waals surface area contributed by atoms with E-state index in [0.717, 1.165) is 5.01 Å². The molecule has 1 N–H and O–H groups in total. The van der Waals surface area contributed by atoms with Crippen molar-refractivity contribution in [2.45, 2.75) is 25.8 Å². The molecule has 1 aromatic carbocycles. The second-order valence-electron chi connectivity index (χ2n) is 5.49. The number of methoxy groups -OCH3 is 1. The minimum absolute atomic E-state index is 0.363. The predicted molar refractivity (Wildman–Crippen MR) is 90.4 cm³/mol. The summed E-state index contributed by atoms with van der Waals surface area (Å²) in [7, 11) is 1.53. The van der Waals surface area contributed by atoms with Crippen molar-refractivity contribution in [2.75, 3.05) is 13.7 Å². The predicted octanol–water partition coefficient (Wildman–Crippen LogP) is 2.31. The van der Waals surface area contributed by atoms with Gasteiger partial charge in [0.2, 0.25) is 0 Å². The van der Waals surface area contributed by atoms with E-state index in [1.54, 1.807) is 31.2 Å². The molecule has 3 amide bonds. The van der Waals surface area contributed by atoms with Gasteiger partial charge in [0.05, 0.1) is 13.3 Å². The standard InChI is InChI=1S/C17H21N3O4/c1-5-9-24-13-8-7-12(10-14(13)23-4)11-18-20-15(21)17(3,6-2)19-16(20)22/h5,7-8,10-11H,1,6,9H2,2-4H3,(H,19,22). The first-order valence-corrected chi connectivity index (χ1v) is 7.57. The van der Waals surface area contributed by atoms with Crippen LogP contribution in [0.2, 0.25) is 0 Å². The van der Waals surface area contributed by atoms with Gasteiger partial charge < -0.3 is 14.8 Å². The van der Waals surface area contributed by atoms with Crippen molar-refractivity contribution < 1.29 is 19.1 Å². The molecular formula is C17H21N3O4. The molecule has 1 saturated heterocycles. The molecule has 0 spiro atoms. The van der Waals surface area contributed by atoms with Crippen LogP contribution in [-0.2, 0) is 4.79 Å². The fourth-order valence-electron chi connectivity index (χ4n) is 2.17. The summed E-state index contributed by atoms with van der Waals surface area (Å²) in [5.41, 5.74) is -0.238. The van der Waals surface area contributed by atoms with E-state index in [1.807, 2.05) is 6.92 Å². The zero-order valence-electron chi connectivity index (χ0n) is 14.0. The van der Waals surface area contributed by atoms with E-state index in [4.69, 9.17) is 9.47 Å². The van der Waals surface area contributed by atoms with Gasteiger partial charge in [-0.25, -0.2) is 4.79 Å². The maximum atomic E-state index is 12.3. The fraction of sp³-hybridized carbons (Fsp3) is 0.353. The van der Waals surface area contributed by atoms with Gasteiger partial charge in [-0.15, -0.1) is 5.01 Å². The molecule has 2 rings (SSSR count). The number of amides is 3. The number of imide groups is 1. The van der Waals surface area contributed by atoms with E-state index in [-0.39, 0.29) is 5.91 Å². The van der Waals surface area contributed by atoms with Crippen LogP contribution in [0, 0.1) is 0 Å². The van der Waals surface area contributed by atoms with E-state index < -0.39 is 11.6 Å². The van der Waals surface area contributed by atoms with Gasteiger partial charge in [-0.2, -0.15) is 5.10 Å². The largest absolute Gasteiger partial charge is 0.493 e. The van der Waals surface area contributed by atoms with Crippen LogP contribution in [0.5, 0.6) is 11.5 Å². The fourth-order valence-corrected chi connectivity index (χ4v) is 2.17. The number of nitrogens with zero attached hydrogens (tertiary/aromatic N) is 2. The monoisotopic (exact) mass is 331 g/mol. The Morgan fingerprint density at radius 2 is 2.12 bits per heavy atom. The molecule has 24 heavy (non-hydrogen) atoms. The highest BCUT2D eigenvalue weighted by molar-refractivity contribution is 6.07. The Morgan fingerprint density at radius 3 is 2.71 bits per heavy atom. The van der Waals surface area contributed by atoms with Crippen LogP contribution >= 0.6 is 0 Å². The van der Waals surface area contributed by atoms with E-state index >= 15 is 0 Å². The summed E-state index contributed by atoms with van der Waals surface area (Å²) in [4.78, 5) is 24.2.